The smallest absolute Gasteiger partial charge is 0.178 e. The third-order valence-corrected chi connectivity index (χ3v) is 3.74. The number of hydrogen-bond acceptors (Lipinski definition) is 3. The van der Waals surface area contributed by atoms with E-state index in [1.54, 1.807) is 0 Å². The average molecular weight is 276 g/mol. The molecule has 0 aliphatic rings. The molecule has 0 atom stereocenters. The lowest BCUT2D eigenvalue weighted by Gasteiger charge is -2.05. The highest BCUT2D eigenvalue weighted by molar-refractivity contribution is 6.05. The normalized spacial score (nSPS) is 12.0. The molecule has 2 aromatic carbocycles. The van der Waals surface area contributed by atoms with Gasteiger partial charge in [0.05, 0.1) is 5.52 Å². The van der Waals surface area contributed by atoms with Crippen LogP contribution < -0.4 is 0 Å². The van der Waals surface area contributed by atoms with Crippen molar-refractivity contribution in [2.45, 2.75) is 20.3 Å². The first-order valence-corrected chi connectivity index (χ1v) is 7.25. The third kappa shape index (κ3) is 1.95. The second-order valence-electron chi connectivity index (χ2n) is 5.85. The van der Waals surface area contributed by atoms with E-state index in [-0.39, 0.29) is 0 Å². The molecule has 4 heteroatoms. The summed E-state index contributed by atoms with van der Waals surface area (Å²) in [5, 5.41) is 16.8. The van der Waals surface area contributed by atoms with Crippen LogP contribution in [0.4, 0.5) is 0 Å². The molecule has 0 N–H and O–H groups in total. The van der Waals surface area contributed by atoms with Gasteiger partial charge in [-0.3, -0.25) is 0 Å². The van der Waals surface area contributed by atoms with E-state index in [1.165, 1.54) is 10.8 Å². The Hall–Kier alpha value is -2.49. The number of rotatable bonds is 2. The lowest BCUT2D eigenvalue weighted by Crippen LogP contribution is -2.03. The molecule has 0 bridgehead atoms. The van der Waals surface area contributed by atoms with Crippen molar-refractivity contribution in [2.75, 3.05) is 0 Å². The van der Waals surface area contributed by atoms with Gasteiger partial charge >= 0.3 is 0 Å². The summed E-state index contributed by atoms with van der Waals surface area (Å²) in [6, 6.07) is 14.6. The zero-order chi connectivity index (χ0) is 14.4. The van der Waals surface area contributed by atoms with E-state index in [9.17, 15) is 0 Å². The minimum Gasteiger partial charge on any atom is -0.197 e. The molecule has 0 radical (unpaired) electrons. The fraction of sp³-hybridized carbons (Fsp3) is 0.235. The molecule has 0 fully saturated rings. The maximum absolute atomic E-state index is 4.81. The Morgan fingerprint density at radius 2 is 1.81 bits per heavy atom. The van der Waals surface area contributed by atoms with Crippen molar-refractivity contribution < 1.29 is 0 Å². The molecule has 4 nitrogen and oxygen atoms in total. The second kappa shape index (κ2) is 4.52. The fourth-order valence-corrected chi connectivity index (χ4v) is 2.76. The molecule has 0 amide bonds. The highest BCUT2D eigenvalue weighted by atomic mass is 15.4. The summed E-state index contributed by atoms with van der Waals surface area (Å²) >= 11 is 0. The average Bonchev–Trinajstić information content (AvgIpc) is 2.87. The zero-order valence-corrected chi connectivity index (χ0v) is 12.1. The van der Waals surface area contributed by atoms with E-state index in [2.05, 4.69) is 66.5 Å². The fourth-order valence-electron chi connectivity index (χ4n) is 2.76. The Kier molecular flexibility index (Phi) is 2.64. The predicted molar refractivity (Wildman–Crippen MR) is 84.3 cm³/mol. The van der Waals surface area contributed by atoms with E-state index >= 15 is 0 Å². The van der Waals surface area contributed by atoms with Crippen LogP contribution in [0, 0.1) is 5.92 Å². The first kappa shape index (κ1) is 12.3. The molecule has 2 aromatic heterocycles. The largest absolute Gasteiger partial charge is 0.197 e. The summed E-state index contributed by atoms with van der Waals surface area (Å²) in [5.74, 6) is 1.46. The number of aromatic nitrogens is 4. The Labute approximate surface area is 122 Å². The van der Waals surface area contributed by atoms with Crippen molar-refractivity contribution in [2.24, 2.45) is 5.92 Å². The molecule has 0 saturated carbocycles. The molecule has 4 rings (SSSR count). The molecule has 0 spiro atoms. The lowest BCUT2D eigenvalue weighted by molar-refractivity contribution is 0.607. The van der Waals surface area contributed by atoms with Gasteiger partial charge in [0.15, 0.2) is 11.5 Å². The number of hydrogen-bond donors (Lipinski definition) is 0. The van der Waals surface area contributed by atoms with Gasteiger partial charge in [-0.05, 0) is 17.4 Å². The summed E-state index contributed by atoms with van der Waals surface area (Å²) in [5.41, 5.74) is 1.82. The summed E-state index contributed by atoms with van der Waals surface area (Å²) in [6.07, 6.45) is 0.879. The van der Waals surface area contributed by atoms with Crippen molar-refractivity contribution in [3.8, 4) is 0 Å². The van der Waals surface area contributed by atoms with E-state index in [4.69, 9.17) is 5.10 Å². The van der Waals surface area contributed by atoms with Crippen molar-refractivity contribution in [1.82, 2.24) is 19.8 Å². The van der Waals surface area contributed by atoms with Crippen LogP contribution in [-0.2, 0) is 6.42 Å². The van der Waals surface area contributed by atoms with Gasteiger partial charge in [-0.25, -0.2) is 0 Å². The zero-order valence-electron chi connectivity index (χ0n) is 12.1. The Morgan fingerprint density at radius 3 is 2.67 bits per heavy atom. The minimum absolute atomic E-state index is 0.530. The van der Waals surface area contributed by atoms with Gasteiger partial charge < -0.3 is 0 Å². The molecule has 2 heterocycles. The van der Waals surface area contributed by atoms with Gasteiger partial charge in [0, 0.05) is 17.2 Å². The quantitative estimate of drug-likeness (QED) is 0.525. The van der Waals surface area contributed by atoms with E-state index in [0.717, 1.165) is 28.8 Å². The minimum atomic E-state index is 0.530. The summed E-state index contributed by atoms with van der Waals surface area (Å²) in [7, 11) is 0. The maximum atomic E-state index is 4.81. The molecule has 104 valence electrons. The first-order valence-electron chi connectivity index (χ1n) is 7.25. The van der Waals surface area contributed by atoms with E-state index < -0.39 is 0 Å². The van der Waals surface area contributed by atoms with Crippen molar-refractivity contribution in [1.29, 1.82) is 0 Å². The van der Waals surface area contributed by atoms with Gasteiger partial charge in [-0.1, -0.05) is 50.2 Å². The first-order chi connectivity index (χ1) is 10.2. The monoisotopic (exact) mass is 276 g/mol. The van der Waals surface area contributed by atoms with Gasteiger partial charge in [0.1, 0.15) is 0 Å². The molecule has 0 unspecified atom stereocenters. The summed E-state index contributed by atoms with van der Waals surface area (Å²) in [4.78, 5) is 0. The SMILES string of the molecule is CC(C)Cc1nnc2cc3ccc4ccccc4c3nn12. The predicted octanol–water partition coefficient (Wildman–Crippen LogP) is 3.63. The molecule has 4 aromatic rings. The van der Waals surface area contributed by atoms with Crippen LogP contribution in [0.1, 0.15) is 19.7 Å². The topological polar surface area (TPSA) is 43.1 Å². The molecule has 0 saturated heterocycles. The van der Waals surface area contributed by atoms with E-state index in [1.807, 2.05) is 4.52 Å². The van der Waals surface area contributed by atoms with Crippen LogP contribution in [-0.4, -0.2) is 19.8 Å². The third-order valence-electron chi connectivity index (χ3n) is 3.74. The number of nitrogens with zero attached hydrogens (tertiary/aromatic N) is 4. The Morgan fingerprint density at radius 1 is 1.00 bits per heavy atom. The van der Waals surface area contributed by atoms with Crippen LogP contribution in [0.5, 0.6) is 0 Å². The van der Waals surface area contributed by atoms with Crippen LogP contribution in [0.2, 0.25) is 0 Å². The van der Waals surface area contributed by atoms with Crippen molar-refractivity contribution in [3.05, 3.63) is 48.3 Å². The van der Waals surface area contributed by atoms with Crippen LogP contribution in [0.25, 0.3) is 27.3 Å². The Balaban J connectivity index is 2.07. The molecule has 0 aliphatic carbocycles. The highest BCUT2D eigenvalue weighted by Gasteiger charge is 2.11. The lowest BCUT2D eigenvalue weighted by atomic mass is 10.1. The number of benzene rings is 2. The molecular formula is C17H16N4. The van der Waals surface area contributed by atoms with Gasteiger partial charge in [-0.2, -0.15) is 9.61 Å². The molecular weight excluding hydrogens is 260 g/mol. The number of fused-ring (bicyclic) bond motifs is 4. The highest BCUT2D eigenvalue weighted by Crippen LogP contribution is 2.24. The van der Waals surface area contributed by atoms with E-state index in [0.29, 0.717) is 5.92 Å². The van der Waals surface area contributed by atoms with Gasteiger partial charge in [-0.15, -0.1) is 10.2 Å². The van der Waals surface area contributed by atoms with Crippen LogP contribution in [0.15, 0.2) is 42.5 Å². The second-order valence-corrected chi connectivity index (χ2v) is 5.85. The Bertz CT molecular complexity index is 953. The van der Waals surface area contributed by atoms with Crippen LogP contribution >= 0.6 is 0 Å². The van der Waals surface area contributed by atoms with Crippen LogP contribution in [0.3, 0.4) is 0 Å². The molecule has 0 aliphatic heterocycles. The van der Waals surface area contributed by atoms with Crippen molar-refractivity contribution >= 4 is 27.3 Å². The van der Waals surface area contributed by atoms with Gasteiger partial charge in [0.25, 0.3) is 0 Å². The summed E-state index contributed by atoms with van der Waals surface area (Å²) < 4.78 is 1.88. The summed E-state index contributed by atoms with van der Waals surface area (Å²) in [6.45, 7) is 4.36. The van der Waals surface area contributed by atoms with Gasteiger partial charge in [0.2, 0.25) is 0 Å². The van der Waals surface area contributed by atoms with Crippen molar-refractivity contribution in [3.63, 3.8) is 0 Å². The maximum Gasteiger partial charge on any atom is 0.178 e. The standard InChI is InChI=1S/C17H16N4/c1-11(2)9-15-18-19-16-10-13-8-7-12-5-3-4-6-14(12)17(13)20-21(15)16/h3-8,10-11H,9H2,1-2H3. The molecule has 21 heavy (non-hydrogen) atoms.